The molecule has 0 N–H and O–H groups in total. The van der Waals surface area contributed by atoms with Crippen LogP contribution in [-0.4, -0.2) is 74.4 Å². The van der Waals surface area contributed by atoms with E-state index in [9.17, 15) is 14.4 Å². The minimum absolute atomic E-state index is 0.195. The summed E-state index contributed by atoms with van der Waals surface area (Å²) < 4.78 is 6.79. The van der Waals surface area contributed by atoms with Crippen molar-refractivity contribution in [1.29, 1.82) is 0 Å². The van der Waals surface area contributed by atoms with Gasteiger partial charge in [-0.15, -0.1) is 0 Å². The third-order valence-corrected chi connectivity index (χ3v) is 6.20. The van der Waals surface area contributed by atoms with Crippen LogP contribution < -0.4 is 10.3 Å². The molecule has 0 radical (unpaired) electrons. The molecule has 0 aliphatic carbocycles. The molecule has 10 nitrogen and oxygen atoms in total. The number of benzene rings is 1. The first-order chi connectivity index (χ1) is 17.5. The number of fused-ring (bicyclic) bond motifs is 1. The number of rotatable bonds is 4. The summed E-state index contributed by atoms with van der Waals surface area (Å²) in [5.41, 5.74) is 0.773. The van der Waals surface area contributed by atoms with Gasteiger partial charge in [-0.3, -0.25) is 19.0 Å². The predicted octanol–water partition coefficient (Wildman–Crippen LogP) is 2.44. The number of hydrogen-bond acceptors (Lipinski definition) is 7. The highest BCUT2D eigenvalue weighted by atomic mass is 35.5. The summed E-state index contributed by atoms with van der Waals surface area (Å²) in [4.78, 5) is 55.7. The number of ether oxygens (including phenoxy) is 1. The Kier molecular flexibility index (Phi) is 6.34. The largest absolute Gasteiger partial charge is 0.495 e. The van der Waals surface area contributed by atoms with E-state index >= 15 is 0 Å². The zero-order chi connectivity index (χ0) is 25.2. The lowest BCUT2D eigenvalue weighted by Gasteiger charge is -2.34. The molecule has 0 bridgehead atoms. The number of hydrogen-bond donors (Lipinski definition) is 0. The number of amides is 2. The zero-order valence-corrected chi connectivity index (χ0v) is 20.1. The van der Waals surface area contributed by atoms with E-state index in [2.05, 4.69) is 15.0 Å². The highest BCUT2D eigenvalue weighted by molar-refractivity contribution is 6.29. The van der Waals surface area contributed by atoms with Crippen LogP contribution in [0.25, 0.3) is 16.9 Å². The maximum absolute atomic E-state index is 13.6. The summed E-state index contributed by atoms with van der Waals surface area (Å²) >= 11 is 5.81. The second-order valence-corrected chi connectivity index (χ2v) is 8.46. The third-order valence-electron chi connectivity index (χ3n) is 5.97. The minimum Gasteiger partial charge on any atom is -0.495 e. The van der Waals surface area contributed by atoms with Crippen molar-refractivity contribution in [3.05, 3.63) is 87.7 Å². The fourth-order valence-electron chi connectivity index (χ4n) is 4.14. The van der Waals surface area contributed by atoms with Gasteiger partial charge in [0, 0.05) is 38.6 Å². The lowest BCUT2D eigenvalue weighted by atomic mass is 10.2. The molecule has 0 saturated carbocycles. The molecular weight excluding hydrogens is 484 g/mol. The fourth-order valence-corrected chi connectivity index (χ4v) is 4.25. The monoisotopic (exact) mass is 504 g/mol. The average molecular weight is 505 g/mol. The van der Waals surface area contributed by atoms with Gasteiger partial charge in [-0.05, 0) is 36.4 Å². The maximum Gasteiger partial charge on any atom is 0.288 e. The van der Waals surface area contributed by atoms with E-state index in [4.69, 9.17) is 16.3 Å². The molecule has 1 aliphatic heterocycles. The molecule has 2 amide bonds. The molecule has 4 heterocycles. The van der Waals surface area contributed by atoms with E-state index in [0.717, 1.165) is 0 Å². The first-order valence-corrected chi connectivity index (χ1v) is 11.6. The predicted molar refractivity (Wildman–Crippen MR) is 133 cm³/mol. The molecule has 1 fully saturated rings. The van der Waals surface area contributed by atoms with Gasteiger partial charge in [0.1, 0.15) is 16.4 Å². The smallest absolute Gasteiger partial charge is 0.288 e. The molecule has 5 rings (SSSR count). The summed E-state index contributed by atoms with van der Waals surface area (Å²) in [6.07, 6.45) is 2.98. The van der Waals surface area contributed by atoms with Gasteiger partial charge in [-0.1, -0.05) is 23.7 Å². The molecule has 3 aromatic heterocycles. The summed E-state index contributed by atoms with van der Waals surface area (Å²) in [7, 11) is 1.51. The van der Waals surface area contributed by atoms with Crippen LogP contribution in [0, 0.1) is 0 Å². The summed E-state index contributed by atoms with van der Waals surface area (Å²) in [6.45, 7) is 1.13. The van der Waals surface area contributed by atoms with Crippen molar-refractivity contribution in [1.82, 2.24) is 29.3 Å². The Morgan fingerprint density at radius 2 is 1.64 bits per heavy atom. The van der Waals surface area contributed by atoms with E-state index in [0.29, 0.717) is 46.4 Å². The Balaban J connectivity index is 1.45. The van der Waals surface area contributed by atoms with Crippen LogP contribution in [0.5, 0.6) is 5.75 Å². The van der Waals surface area contributed by atoms with Gasteiger partial charge in [0.25, 0.3) is 17.4 Å². The highest BCUT2D eigenvalue weighted by Crippen LogP contribution is 2.23. The summed E-state index contributed by atoms with van der Waals surface area (Å²) in [5.74, 6) is -0.241. The lowest BCUT2D eigenvalue weighted by Crippen LogP contribution is -2.51. The zero-order valence-electron chi connectivity index (χ0n) is 19.3. The van der Waals surface area contributed by atoms with E-state index in [1.165, 1.54) is 22.8 Å². The topological polar surface area (TPSA) is 111 Å². The second-order valence-electron chi connectivity index (χ2n) is 8.07. The SMILES string of the molecule is COc1ccccc1-n1c(=O)c(C(=O)N2CCN(C(=O)c3ccc(Cl)nc3)CC2)nc2cccnc21. The number of carbonyl (C=O) groups excluding carboxylic acids is 2. The van der Waals surface area contributed by atoms with E-state index in [1.54, 1.807) is 59.6 Å². The number of carbonyl (C=O) groups is 2. The van der Waals surface area contributed by atoms with E-state index < -0.39 is 11.5 Å². The minimum atomic E-state index is -0.596. The highest BCUT2D eigenvalue weighted by Gasteiger charge is 2.29. The number of piperazine rings is 1. The molecule has 11 heteroatoms. The Labute approximate surface area is 210 Å². The molecule has 36 heavy (non-hydrogen) atoms. The van der Waals surface area contributed by atoms with Gasteiger partial charge >= 0.3 is 0 Å². The Morgan fingerprint density at radius 1 is 0.917 bits per heavy atom. The van der Waals surface area contributed by atoms with Gasteiger partial charge in [-0.25, -0.2) is 15.0 Å². The van der Waals surface area contributed by atoms with Gasteiger partial charge in [-0.2, -0.15) is 0 Å². The van der Waals surface area contributed by atoms with Crippen molar-refractivity contribution in [3.8, 4) is 11.4 Å². The standard InChI is InChI=1S/C25H21ClN6O4/c1-36-19-7-3-2-6-18(19)32-22-17(5-4-10-27-22)29-21(25(32)35)24(34)31-13-11-30(12-14-31)23(33)16-8-9-20(26)28-15-16/h2-10,15H,11-14H2,1H3. The molecule has 0 spiro atoms. The van der Waals surface area contributed by atoms with Gasteiger partial charge in [0.15, 0.2) is 11.3 Å². The van der Waals surface area contributed by atoms with Crippen LogP contribution in [0.3, 0.4) is 0 Å². The number of nitrogens with zero attached hydrogens (tertiary/aromatic N) is 6. The number of methoxy groups -OCH3 is 1. The average Bonchev–Trinajstić information content (AvgIpc) is 2.92. The van der Waals surface area contributed by atoms with Crippen molar-refractivity contribution in [2.75, 3.05) is 33.3 Å². The molecule has 1 aliphatic rings. The third kappa shape index (κ3) is 4.27. The Hall–Kier alpha value is -4.31. The Morgan fingerprint density at radius 3 is 2.33 bits per heavy atom. The van der Waals surface area contributed by atoms with Crippen LogP contribution in [0.4, 0.5) is 0 Å². The lowest BCUT2D eigenvalue weighted by molar-refractivity contribution is 0.0531. The van der Waals surface area contributed by atoms with Crippen molar-refractivity contribution in [2.24, 2.45) is 0 Å². The van der Waals surface area contributed by atoms with Crippen LogP contribution in [0.1, 0.15) is 20.8 Å². The molecule has 4 aromatic rings. The quantitative estimate of drug-likeness (QED) is 0.392. The maximum atomic E-state index is 13.6. The van der Waals surface area contributed by atoms with Crippen LogP contribution >= 0.6 is 11.6 Å². The number of aromatic nitrogens is 4. The molecule has 0 unspecified atom stereocenters. The number of pyridine rings is 2. The molecule has 1 aromatic carbocycles. The van der Waals surface area contributed by atoms with Crippen molar-refractivity contribution >= 4 is 34.6 Å². The summed E-state index contributed by atoms with van der Waals surface area (Å²) in [5, 5.41) is 0.304. The molecule has 182 valence electrons. The van der Waals surface area contributed by atoms with Gasteiger partial charge in [0.2, 0.25) is 0 Å². The molecule has 1 saturated heterocycles. The van der Waals surface area contributed by atoms with Crippen molar-refractivity contribution in [3.63, 3.8) is 0 Å². The van der Waals surface area contributed by atoms with Crippen molar-refractivity contribution < 1.29 is 14.3 Å². The first kappa shape index (κ1) is 23.4. The van der Waals surface area contributed by atoms with E-state index in [-0.39, 0.29) is 24.7 Å². The normalized spacial score (nSPS) is 13.6. The van der Waals surface area contributed by atoms with Crippen molar-refractivity contribution in [2.45, 2.75) is 0 Å². The van der Waals surface area contributed by atoms with Gasteiger partial charge in [0.05, 0.1) is 18.4 Å². The molecular formula is C25H21ClN6O4. The second kappa shape index (κ2) is 9.74. The number of para-hydroxylation sites is 2. The number of halogens is 1. The first-order valence-electron chi connectivity index (χ1n) is 11.2. The molecule has 0 atom stereocenters. The fraction of sp³-hybridized carbons (Fsp3) is 0.200. The van der Waals surface area contributed by atoms with Crippen LogP contribution in [0.15, 0.2) is 65.7 Å². The van der Waals surface area contributed by atoms with Gasteiger partial charge < -0.3 is 14.5 Å². The van der Waals surface area contributed by atoms with Crippen LogP contribution in [-0.2, 0) is 0 Å². The summed E-state index contributed by atoms with van der Waals surface area (Å²) in [6, 6.07) is 13.6. The Bertz CT molecular complexity index is 1510. The van der Waals surface area contributed by atoms with E-state index in [1.807, 2.05) is 0 Å². The van der Waals surface area contributed by atoms with Crippen LogP contribution in [0.2, 0.25) is 5.15 Å².